The molecule has 0 saturated carbocycles. The number of sulfonamides is 1. The van der Waals surface area contributed by atoms with E-state index in [2.05, 4.69) is 5.32 Å². The molecule has 0 unspecified atom stereocenters. The maximum Gasteiger partial charge on any atom is 0.236 e. The Hall–Kier alpha value is -0.370. The van der Waals surface area contributed by atoms with Gasteiger partial charge in [0.2, 0.25) is 15.9 Å². The fourth-order valence-electron chi connectivity index (χ4n) is 1.70. The number of nitrogens with one attached hydrogen (secondary N) is 1. The molecule has 0 aliphatic carbocycles. The highest BCUT2D eigenvalue weighted by atomic mass is 35.5. The average Bonchev–Trinajstić information content (AvgIpc) is 2.36. The number of halogens is 1. The number of carbonyl (C=O) groups is 1. The largest absolute Gasteiger partial charge is 0.353 e. The topological polar surface area (TPSA) is 92.5 Å². The van der Waals surface area contributed by atoms with E-state index in [1.165, 1.54) is 4.31 Å². The standard InChI is InChI=1S/C12H27N3O3S.ClH/c1-5-12(13,6-2)10-14-11(16)9-19(17,18)15(7-3)8-4;/h5-10,13H2,1-4H3,(H,14,16);1H. The van der Waals surface area contributed by atoms with E-state index in [1.54, 1.807) is 13.8 Å². The highest BCUT2D eigenvalue weighted by molar-refractivity contribution is 7.89. The van der Waals surface area contributed by atoms with Gasteiger partial charge in [0.1, 0.15) is 5.75 Å². The average molecular weight is 330 g/mol. The first-order valence-corrected chi connectivity index (χ1v) is 8.39. The van der Waals surface area contributed by atoms with Gasteiger partial charge < -0.3 is 11.1 Å². The molecular weight excluding hydrogens is 302 g/mol. The summed E-state index contributed by atoms with van der Waals surface area (Å²) in [6, 6.07) is 0. The monoisotopic (exact) mass is 329 g/mol. The van der Waals surface area contributed by atoms with E-state index < -0.39 is 27.2 Å². The minimum atomic E-state index is -3.52. The van der Waals surface area contributed by atoms with Crippen LogP contribution in [-0.2, 0) is 14.8 Å². The fourth-order valence-corrected chi connectivity index (χ4v) is 3.10. The Morgan fingerprint density at radius 2 is 1.60 bits per heavy atom. The molecule has 0 atom stereocenters. The van der Waals surface area contributed by atoms with E-state index in [9.17, 15) is 13.2 Å². The number of nitrogens with two attached hydrogens (primary N) is 1. The van der Waals surface area contributed by atoms with Crippen molar-refractivity contribution in [1.29, 1.82) is 0 Å². The molecule has 0 bridgehead atoms. The van der Waals surface area contributed by atoms with Crippen LogP contribution >= 0.6 is 12.4 Å². The maximum absolute atomic E-state index is 11.9. The highest BCUT2D eigenvalue weighted by Crippen LogP contribution is 2.09. The number of nitrogens with zero attached hydrogens (tertiary/aromatic N) is 1. The molecule has 0 heterocycles. The summed E-state index contributed by atoms with van der Waals surface area (Å²) >= 11 is 0. The zero-order valence-corrected chi connectivity index (χ0v) is 14.4. The first kappa shape index (κ1) is 21.9. The van der Waals surface area contributed by atoms with E-state index in [-0.39, 0.29) is 12.4 Å². The van der Waals surface area contributed by atoms with Crippen molar-refractivity contribution in [1.82, 2.24) is 9.62 Å². The summed E-state index contributed by atoms with van der Waals surface area (Å²) in [4.78, 5) is 11.7. The minimum absolute atomic E-state index is 0. The molecule has 3 N–H and O–H groups in total. The highest BCUT2D eigenvalue weighted by Gasteiger charge is 2.25. The molecular formula is C12H28ClN3O3S. The van der Waals surface area contributed by atoms with Crippen LogP contribution in [0.25, 0.3) is 0 Å². The molecule has 0 saturated heterocycles. The minimum Gasteiger partial charge on any atom is -0.353 e. The molecule has 122 valence electrons. The molecule has 20 heavy (non-hydrogen) atoms. The van der Waals surface area contributed by atoms with Crippen LogP contribution in [0.3, 0.4) is 0 Å². The van der Waals surface area contributed by atoms with Gasteiger partial charge in [-0.25, -0.2) is 12.7 Å². The Kier molecular flexibility index (Phi) is 10.5. The van der Waals surface area contributed by atoms with Gasteiger partial charge in [-0.3, -0.25) is 4.79 Å². The zero-order valence-electron chi connectivity index (χ0n) is 12.8. The van der Waals surface area contributed by atoms with Gasteiger partial charge in [0.15, 0.2) is 0 Å². The normalized spacial score (nSPS) is 12.1. The molecule has 0 radical (unpaired) electrons. The molecule has 0 aromatic heterocycles. The lowest BCUT2D eigenvalue weighted by Gasteiger charge is -2.27. The van der Waals surface area contributed by atoms with Crippen LogP contribution in [0.1, 0.15) is 40.5 Å². The smallest absolute Gasteiger partial charge is 0.236 e. The molecule has 0 aromatic rings. The van der Waals surface area contributed by atoms with E-state index in [1.807, 2.05) is 13.8 Å². The Morgan fingerprint density at radius 1 is 1.15 bits per heavy atom. The molecule has 0 spiro atoms. The van der Waals surface area contributed by atoms with Crippen molar-refractivity contribution in [3.05, 3.63) is 0 Å². The second-order valence-electron chi connectivity index (χ2n) is 4.69. The van der Waals surface area contributed by atoms with Gasteiger partial charge >= 0.3 is 0 Å². The van der Waals surface area contributed by atoms with Crippen LogP contribution in [0.5, 0.6) is 0 Å². The molecule has 0 aromatic carbocycles. The Bertz CT molecular complexity index is 379. The first-order valence-electron chi connectivity index (χ1n) is 6.78. The Balaban J connectivity index is 0. The van der Waals surface area contributed by atoms with Gasteiger partial charge in [-0.05, 0) is 12.8 Å². The third-order valence-electron chi connectivity index (χ3n) is 3.46. The van der Waals surface area contributed by atoms with Crippen molar-refractivity contribution >= 4 is 28.3 Å². The number of hydrogen-bond acceptors (Lipinski definition) is 4. The SMILES string of the molecule is CCN(CC)S(=O)(=O)CC(=O)NCC(N)(CC)CC.Cl. The molecule has 0 aliphatic heterocycles. The van der Waals surface area contributed by atoms with Gasteiger partial charge in [0.25, 0.3) is 0 Å². The molecule has 0 rings (SSSR count). The van der Waals surface area contributed by atoms with Crippen LogP contribution in [-0.4, -0.2) is 49.6 Å². The number of hydrogen-bond donors (Lipinski definition) is 2. The molecule has 0 aliphatic rings. The maximum atomic E-state index is 11.9. The third kappa shape index (κ3) is 6.88. The van der Waals surface area contributed by atoms with Crippen molar-refractivity contribution < 1.29 is 13.2 Å². The first-order chi connectivity index (χ1) is 8.74. The van der Waals surface area contributed by atoms with Gasteiger partial charge in [0.05, 0.1) is 0 Å². The Morgan fingerprint density at radius 3 is 1.95 bits per heavy atom. The summed E-state index contributed by atoms with van der Waals surface area (Å²) < 4.78 is 25.1. The van der Waals surface area contributed by atoms with E-state index in [0.717, 1.165) is 12.8 Å². The lowest BCUT2D eigenvalue weighted by Crippen LogP contribution is -2.50. The molecule has 6 nitrogen and oxygen atoms in total. The summed E-state index contributed by atoms with van der Waals surface area (Å²) in [7, 11) is -3.52. The van der Waals surface area contributed by atoms with Gasteiger partial charge in [-0.15, -0.1) is 12.4 Å². The summed E-state index contributed by atoms with van der Waals surface area (Å²) in [5.41, 5.74) is 5.58. The Labute approximate surface area is 128 Å². The summed E-state index contributed by atoms with van der Waals surface area (Å²) in [5.74, 6) is -1.01. The van der Waals surface area contributed by atoms with Crippen molar-refractivity contribution in [2.75, 3.05) is 25.4 Å². The van der Waals surface area contributed by atoms with E-state index in [4.69, 9.17) is 5.73 Å². The van der Waals surface area contributed by atoms with Gasteiger partial charge in [-0.1, -0.05) is 27.7 Å². The van der Waals surface area contributed by atoms with E-state index in [0.29, 0.717) is 19.6 Å². The quantitative estimate of drug-likeness (QED) is 0.651. The van der Waals surface area contributed by atoms with E-state index >= 15 is 0 Å². The van der Waals surface area contributed by atoms with Crippen molar-refractivity contribution in [3.8, 4) is 0 Å². The molecule has 0 fully saturated rings. The van der Waals surface area contributed by atoms with Crippen molar-refractivity contribution in [2.24, 2.45) is 5.73 Å². The number of carbonyl (C=O) groups excluding carboxylic acids is 1. The van der Waals surface area contributed by atoms with Gasteiger partial charge in [-0.2, -0.15) is 0 Å². The number of rotatable bonds is 9. The lowest BCUT2D eigenvalue weighted by atomic mass is 9.94. The second kappa shape index (κ2) is 9.55. The summed E-state index contributed by atoms with van der Waals surface area (Å²) in [6.45, 7) is 8.43. The third-order valence-corrected chi connectivity index (χ3v) is 5.39. The predicted octanol–water partition coefficient (Wildman–Crippen LogP) is 0.714. The van der Waals surface area contributed by atoms with Crippen LogP contribution < -0.4 is 11.1 Å². The second-order valence-corrected chi connectivity index (χ2v) is 6.66. The van der Waals surface area contributed by atoms with Gasteiger partial charge in [0, 0.05) is 25.2 Å². The molecule has 8 heteroatoms. The summed E-state index contributed by atoms with van der Waals surface area (Å²) in [6.07, 6.45) is 1.46. The van der Waals surface area contributed by atoms with Crippen LogP contribution in [0.2, 0.25) is 0 Å². The van der Waals surface area contributed by atoms with Crippen LogP contribution in [0.4, 0.5) is 0 Å². The zero-order chi connectivity index (χ0) is 15.1. The summed E-state index contributed by atoms with van der Waals surface area (Å²) in [5, 5.41) is 2.61. The lowest BCUT2D eigenvalue weighted by molar-refractivity contribution is -0.118. The van der Waals surface area contributed by atoms with Crippen LogP contribution in [0, 0.1) is 0 Å². The van der Waals surface area contributed by atoms with Crippen molar-refractivity contribution in [3.63, 3.8) is 0 Å². The van der Waals surface area contributed by atoms with Crippen LogP contribution in [0.15, 0.2) is 0 Å². The molecule has 1 amide bonds. The number of amides is 1. The predicted molar refractivity (Wildman–Crippen MR) is 84.5 cm³/mol. The fraction of sp³-hybridized carbons (Fsp3) is 0.917. The van der Waals surface area contributed by atoms with Crippen molar-refractivity contribution in [2.45, 2.75) is 46.1 Å².